The van der Waals surface area contributed by atoms with Crippen LogP contribution in [0.3, 0.4) is 0 Å². The van der Waals surface area contributed by atoms with Crippen molar-refractivity contribution in [2.75, 3.05) is 0 Å². The molecule has 0 aromatic rings. The van der Waals surface area contributed by atoms with Crippen LogP contribution in [0.25, 0.3) is 0 Å². The minimum absolute atomic E-state index is 0.194. The Kier molecular flexibility index (Phi) is 4.32. The van der Waals surface area contributed by atoms with Gasteiger partial charge in [-0.05, 0) is 25.2 Å². The lowest BCUT2D eigenvalue weighted by Crippen LogP contribution is -2.32. The Balaban J connectivity index is 2.52. The van der Waals surface area contributed by atoms with E-state index in [9.17, 15) is 10.1 Å². The fraction of sp³-hybridized carbons (Fsp3) is 0.846. The highest BCUT2D eigenvalue weighted by Crippen LogP contribution is 2.37. The van der Waals surface area contributed by atoms with Gasteiger partial charge in [-0.3, -0.25) is 4.79 Å². The zero-order valence-electron chi connectivity index (χ0n) is 9.88. The zero-order valence-corrected chi connectivity index (χ0v) is 9.88. The highest BCUT2D eigenvalue weighted by Gasteiger charge is 2.39. The van der Waals surface area contributed by atoms with Crippen LogP contribution >= 0.6 is 0 Å². The van der Waals surface area contributed by atoms with E-state index in [0.717, 1.165) is 38.5 Å². The second-order valence-corrected chi connectivity index (χ2v) is 5.11. The molecule has 2 heteroatoms. The van der Waals surface area contributed by atoms with Crippen molar-refractivity contribution in [2.24, 2.45) is 11.3 Å². The van der Waals surface area contributed by atoms with Crippen LogP contribution in [0.2, 0.25) is 0 Å². The van der Waals surface area contributed by atoms with Crippen molar-refractivity contribution in [2.45, 2.75) is 58.8 Å². The van der Waals surface area contributed by atoms with Gasteiger partial charge < -0.3 is 0 Å². The van der Waals surface area contributed by atoms with Crippen molar-refractivity contribution >= 4 is 5.78 Å². The molecule has 0 aromatic carbocycles. The van der Waals surface area contributed by atoms with Crippen LogP contribution in [0.1, 0.15) is 58.8 Å². The molecule has 1 fully saturated rings. The maximum absolute atomic E-state index is 11.8. The predicted octanol–water partition coefficient (Wildman–Crippen LogP) is 3.47. The average molecular weight is 207 g/mol. The van der Waals surface area contributed by atoms with Crippen LogP contribution in [0.4, 0.5) is 0 Å². The molecule has 1 unspecified atom stereocenters. The first kappa shape index (κ1) is 12.2. The zero-order chi connectivity index (χ0) is 11.3. The number of ketones is 1. The van der Waals surface area contributed by atoms with E-state index in [-0.39, 0.29) is 5.78 Å². The predicted molar refractivity (Wildman–Crippen MR) is 60.2 cm³/mol. The lowest BCUT2D eigenvalue weighted by Gasteiger charge is -2.29. The molecule has 1 atom stereocenters. The maximum atomic E-state index is 11.8. The van der Waals surface area contributed by atoms with E-state index < -0.39 is 5.41 Å². The van der Waals surface area contributed by atoms with Crippen LogP contribution in [-0.2, 0) is 4.79 Å². The third kappa shape index (κ3) is 3.06. The second-order valence-electron chi connectivity index (χ2n) is 5.11. The van der Waals surface area contributed by atoms with Gasteiger partial charge in [0.1, 0.15) is 5.41 Å². The third-order valence-corrected chi connectivity index (χ3v) is 3.39. The number of carbonyl (C=O) groups excluding carboxylic acids is 1. The first-order chi connectivity index (χ1) is 7.10. The van der Waals surface area contributed by atoms with E-state index in [1.54, 1.807) is 0 Å². The number of hydrogen-bond acceptors (Lipinski definition) is 2. The number of nitrogens with zero attached hydrogens (tertiary/aromatic N) is 1. The van der Waals surface area contributed by atoms with Crippen molar-refractivity contribution in [3.8, 4) is 6.07 Å². The van der Waals surface area contributed by atoms with E-state index in [1.165, 1.54) is 0 Å². The molecule has 0 radical (unpaired) electrons. The SMILES string of the molecule is CC(C)CCCC1(C#N)CCCCC1=O. The fourth-order valence-corrected chi connectivity index (χ4v) is 2.34. The van der Waals surface area contributed by atoms with Gasteiger partial charge in [0, 0.05) is 6.42 Å². The first-order valence-corrected chi connectivity index (χ1v) is 6.05. The summed E-state index contributed by atoms with van der Waals surface area (Å²) < 4.78 is 0. The van der Waals surface area contributed by atoms with Gasteiger partial charge in [-0.25, -0.2) is 0 Å². The van der Waals surface area contributed by atoms with Gasteiger partial charge in [-0.2, -0.15) is 5.26 Å². The van der Waals surface area contributed by atoms with Gasteiger partial charge in [0.05, 0.1) is 6.07 Å². The molecule has 0 spiro atoms. The molecule has 15 heavy (non-hydrogen) atoms. The molecular formula is C13H21NO. The summed E-state index contributed by atoms with van der Waals surface area (Å²) in [7, 11) is 0. The Morgan fingerprint density at radius 2 is 2.20 bits per heavy atom. The van der Waals surface area contributed by atoms with Crippen LogP contribution < -0.4 is 0 Å². The summed E-state index contributed by atoms with van der Waals surface area (Å²) in [4.78, 5) is 11.8. The highest BCUT2D eigenvalue weighted by atomic mass is 16.1. The standard InChI is InChI=1S/C13H21NO/c1-11(2)6-5-9-13(10-14)8-4-3-7-12(13)15/h11H,3-9H2,1-2H3. The molecule has 0 aromatic heterocycles. The summed E-state index contributed by atoms with van der Waals surface area (Å²) >= 11 is 0. The summed E-state index contributed by atoms with van der Waals surface area (Å²) in [5.74, 6) is 0.861. The second kappa shape index (κ2) is 5.30. The van der Waals surface area contributed by atoms with E-state index in [0.29, 0.717) is 12.3 Å². The molecule has 0 amide bonds. The minimum atomic E-state index is -0.618. The van der Waals surface area contributed by atoms with Gasteiger partial charge in [0.15, 0.2) is 5.78 Å². The smallest absolute Gasteiger partial charge is 0.153 e. The van der Waals surface area contributed by atoms with Crippen LogP contribution in [0, 0.1) is 22.7 Å². The third-order valence-electron chi connectivity index (χ3n) is 3.39. The van der Waals surface area contributed by atoms with Crippen LogP contribution in [0.15, 0.2) is 0 Å². The molecule has 1 rings (SSSR count). The van der Waals surface area contributed by atoms with Crippen LogP contribution in [0.5, 0.6) is 0 Å². The van der Waals surface area contributed by atoms with Gasteiger partial charge in [0.25, 0.3) is 0 Å². The van der Waals surface area contributed by atoms with E-state index in [1.807, 2.05) is 0 Å². The number of hydrogen-bond donors (Lipinski definition) is 0. The van der Waals surface area contributed by atoms with E-state index >= 15 is 0 Å². The summed E-state index contributed by atoms with van der Waals surface area (Å²) in [6, 6.07) is 2.29. The largest absolute Gasteiger partial charge is 0.298 e. The summed E-state index contributed by atoms with van der Waals surface area (Å²) in [5.41, 5.74) is -0.618. The molecule has 2 nitrogen and oxygen atoms in total. The molecule has 0 saturated heterocycles. The quantitative estimate of drug-likeness (QED) is 0.708. The topological polar surface area (TPSA) is 40.9 Å². The van der Waals surface area contributed by atoms with Crippen molar-refractivity contribution in [1.29, 1.82) is 5.26 Å². The Bertz CT molecular complexity index is 264. The van der Waals surface area contributed by atoms with Crippen LogP contribution in [-0.4, -0.2) is 5.78 Å². The number of Topliss-reactive ketones (excluding diaryl/α,β-unsaturated/α-hetero) is 1. The summed E-state index contributed by atoms with van der Waals surface area (Å²) in [6.07, 6.45) is 6.34. The molecule has 0 bridgehead atoms. The molecule has 1 aliphatic rings. The van der Waals surface area contributed by atoms with Gasteiger partial charge in [-0.15, -0.1) is 0 Å². The molecule has 0 heterocycles. The molecule has 0 N–H and O–H groups in total. The Morgan fingerprint density at radius 3 is 2.73 bits per heavy atom. The van der Waals surface area contributed by atoms with E-state index in [4.69, 9.17) is 0 Å². The molecular weight excluding hydrogens is 186 g/mol. The van der Waals surface area contributed by atoms with Crippen molar-refractivity contribution in [3.05, 3.63) is 0 Å². The lowest BCUT2D eigenvalue weighted by molar-refractivity contribution is -0.128. The van der Waals surface area contributed by atoms with Gasteiger partial charge in [0.2, 0.25) is 0 Å². The fourth-order valence-electron chi connectivity index (χ4n) is 2.34. The van der Waals surface area contributed by atoms with Crippen molar-refractivity contribution in [3.63, 3.8) is 0 Å². The summed E-state index contributed by atoms with van der Waals surface area (Å²) in [5, 5.41) is 9.21. The normalized spacial score (nSPS) is 26.7. The van der Waals surface area contributed by atoms with Gasteiger partial charge in [-0.1, -0.05) is 33.1 Å². The van der Waals surface area contributed by atoms with Crippen molar-refractivity contribution < 1.29 is 4.79 Å². The van der Waals surface area contributed by atoms with Crippen molar-refractivity contribution in [1.82, 2.24) is 0 Å². The number of carbonyl (C=O) groups is 1. The lowest BCUT2D eigenvalue weighted by atomic mass is 9.71. The van der Waals surface area contributed by atoms with E-state index in [2.05, 4.69) is 19.9 Å². The number of nitriles is 1. The maximum Gasteiger partial charge on any atom is 0.153 e. The Morgan fingerprint density at radius 1 is 1.47 bits per heavy atom. The monoisotopic (exact) mass is 207 g/mol. The number of rotatable bonds is 4. The summed E-state index contributed by atoms with van der Waals surface area (Å²) in [6.45, 7) is 4.36. The highest BCUT2D eigenvalue weighted by molar-refractivity contribution is 5.88. The molecule has 84 valence electrons. The average Bonchev–Trinajstić information content (AvgIpc) is 2.21. The molecule has 0 aliphatic heterocycles. The first-order valence-electron chi connectivity index (χ1n) is 6.05. The van der Waals surface area contributed by atoms with Gasteiger partial charge >= 0.3 is 0 Å². The Hall–Kier alpha value is -0.840. The molecule has 1 aliphatic carbocycles. The molecule has 1 saturated carbocycles. The Labute approximate surface area is 92.7 Å². The minimum Gasteiger partial charge on any atom is -0.298 e.